The molecule has 1 atom stereocenters. The normalized spacial score (nSPS) is 19.5. The molecule has 0 bridgehead atoms. The van der Waals surface area contributed by atoms with Gasteiger partial charge in [0.15, 0.2) is 0 Å². The van der Waals surface area contributed by atoms with Gasteiger partial charge in [-0.05, 0) is 51.4 Å². The molecule has 0 aliphatic carbocycles. The lowest BCUT2D eigenvalue weighted by Crippen LogP contribution is -2.40. The SMILES string of the molecule is CNC(c1cccc(C)c1)C1CCN(CCN)CC1. The molecule has 1 heterocycles. The minimum Gasteiger partial charge on any atom is -0.329 e. The van der Waals surface area contributed by atoms with Crippen molar-refractivity contribution in [3.05, 3.63) is 35.4 Å². The predicted molar refractivity (Wildman–Crippen MR) is 81.2 cm³/mol. The highest BCUT2D eigenvalue weighted by atomic mass is 15.1. The fourth-order valence-corrected chi connectivity index (χ4v) is 3.23. The third kappa shape index (κ3) is 3.78. The molecule has 3 heteroatoms. The molecule has 0 radical (unpaired) electrons. The number of hydrogen-bond donors (Lipinski definition) is 2. The van der Waals surface area contributed by atoms with Gasteiger partial charge in [0.1, 0.15) is 0 Å². The molecular formula is C16H27N3. The highest BCUT2D eigenvalue weighted by Crippen LogP contribution is 2.30. The number of hydrogen-bond acceptors (Lipinski definition) is 3. The van der Waals surface area contributed by atoms with Gasteiger partial charge < -0.3 is 16.0 Å². The number of nitrogens with zero attached hydrogens (tertiary/aromatic N) is 1. The molecule has 0 spiro atoms. The van der Waals surface area contributed by atoms with Gasteiger partial charge in [-0.2, -0.15) is 0 Å². The Labute approximate surface area is 117 Å². The van der Waals surface area contributed by atoms with E-state index >= 15 is 0 Å². The summed E-state index contributed by atoms with van der Waals surface area (Å²) in [5.41, 5.74) is 8.41. The van der Waals surface area contributed by atoms with Crippen LogP contribution >= 0.6 is 0 Å². The standard InChI is InChI=1S/C16H27N3/c1-13-4-3-5-15(12-13)16(18-2)14-6-9-19(10-7-14)11-8-17/h3-5,12,14,16,18H,6-11,17H2,1-2H3. The van der Waals surface area contributed by atoms with E-state index in [-0.39, 0.29) is 0 Å². The van der Waals surface area contributed by atoms with Crippen molar-refractivity contribution in [1.29, 1.82) is 0 Å². The molecule has 106 valence electrons. The zero-order chi connectivity index (χ0) is 13.7. The summed E-state index contributed by atoms with van der Waals surface area (Å²) >= 11 is 0. The Hall–Kier alpha value is -0.900. The second-order valence-corrected chi connectivity index (χ2v) is 5.65. The quantitative estimate of drug-likeness (QED) is 0.851. The van der Waals surface area contributed by atoms with E-state index in [1.807, 2.05) is 0 Å². The first kappa shape index (κ1) is 14.5. The van der Waals surface area contributed by atoms with Crippen LogP contribution in [-0.2, 0) is 0 Å². The van der Waals surface area contributed by atoms with Crippen molar-refractivity contribution in [3.63, 3.8) is 0 Å². The number of piperidine rings is 1. The van der Waals surface area contributed by atoms with E-state index in [1.54, 1.807) is 0 Å². The smallest absolute Gasteiger partial charge is 0.0347 e. The van der Waals surface area contributed by atoms with Crippen LogP contribution in [0.4, 0.5) is 0 Å². The average Bonchev–Trinajstić information content (AvgIpc) is 2.42. The van der Waals surface area contributed by atoms with Gasteiger partial charge in [-0.25, -0.2) is 0 Å². The predicted octanol–water partition coefficient (Wildman–Crippen LogP) is 1.93. The topological polar surface area (TPSA) is 41.3 Å². The summed E-state index contributed by atoms with van der Waals surface area (Å²) in [6.45, 7) is 6.36. The fraction of sp³-hybridized carbons (Fsp3) is 0.625. The average molecular weight is 261 g/mol. The first-order chi connectivity index (χ1) is 9.24. The van der Waals surface area contributed by atoms with Crippen molar-refractivity contribution in [1.82, 2.24) is 10.2 Å². The number of aryl methyl sites for hydroxylation is 1. The molecule has 1 fully saturated rings. The van der Waals surface area contributed by atoms with E-state index in [0.717, 1.165) is 19.0 Å². The fourth-order valence-electron chi connectivity index (χ4n) is 3.23. The molecular weight excluding hydrogens is 234 g/mol. The molecule has 3 nitrogen and oxygen atoms in total. The Morgan fingerprint density at radius 2 is 2.11 bits per heavy atom. The molecule has 0 aromatic heterocycles. The zero-order valence-corrected chi connectivity index (χ0v) is 12.2. The summed E-state index contributed by atoms with van der Waals surface area (Å²) < 4.78 is 0. The van der Waals surface area contributed by atoms with Gasteiger partial charge in [-0.1, -0.05) is 29.8 Å². The zero-order valence-electron chi connectivity index (χ0n) is 12.2. The van der Waals surface area contributed by atoms with Crippen LogP contribution < -0.4 is 11.1 Å². The maximum absolute atomic E-state index is 5.63. The second-order valence-electron chi connectivity index (χ2n) is 5.65. The second kappa shape index (κ2) is 7.04. The Morgan fingerprint density at radius 3 is 2.68 bits per heavy atom. The first-order valence-electron chi connectivity index (χ1n) is 7.41. The number of likely N-dealkylation sites (tertiary alicyclic amines) is 1. The molecule has 19 heavy (non-hydrogen) atoms. The van der Waals surface area contributed by atoms with Crippen LogP contribution in [0.15, 0.2) is 24.3 Å². The molecule has 3 N–H and O–H groups in total. The van der Waals surface area contributed by atoms with Crippen LogP contribution in [0.2, 0.25) is 0 Å². The molecule has 1 aliphatic rings. The third-order valence-corrected chi connectivity index (χ3v) is 4.26. The largest absolute Gasteiger partial charge is 0.329 e. The van der Waals surface area contributed by atoms with Gasteiger partial charge >= 0.3 is 0 Å². The Balaban J connectivity index is 1.99. The molecule has 1 unspecified atom stereocenters. The minimum atomic E-state index is 0.486. The highest BCUT2D eigenvalue weighted by Gasteiger charge is 2.26. The molecule has 0 amide bonds. The molecule has 1 aromatic rings. The number of nitrogens with two attached hydrogens (primary N) is 1. The first-order valence-corrected chi connectivity index (χ1v) is 7.41. The lowest BCUT2D eigenvalue weighted by molar-refractivity contribution is 0.164. The van der Waals surface area contributed by atoms with E-state index in [0.29, 0.717) is 6.04 Å². The summed E-state index contributed by atoms with van der Waals surface area (Å²) in [4.78, 5) is 2.49. The summed E-state index contributed by atoms with van der Waals surface area (Å²) in [7, 11) is 2.08. The summed E-state index contributed by atoms with van der Waals surface area (Å²) in [5, 5.41) is 3.52. The van der Waals surface area contributed by atoms with Crippen LogP contribution in [0.5, 0.6) is 0 Å². The van der Waals surface area contributed by atoms with Gasteiger partial charge in [0, 0.05) is 19.1 Å². The Morgan fingerprint density at radius 1 is 1.37 bits per heavy atom. The lowest BCUT2D eigenvalue weighted by atomic mass is 9.85. The van der Waals surface area contributed by atoms with Crippen LogP contribution in [0, 0.1) is 12.8 Å². The van der Waals surface area contributed by atoms with Gasteiger partial charge in [-0.3, -0.25) is 0 Å². The van der Waals surface area contributed by atoms with Crippen molar-refractivity contribution < 1.29 is 0 Å². The van der Waals surface area contributed by atoms with Crippen molar-refractivity contribution in [2.75, 3.05) is 33.2 Å². The van der Waals surface area contributed by atoms with Crippen LogP contribution in [0.3, 0.4) is 0 Å². The lowest BCUT2D eigenvalue weighted by Gasteiger charge is -2.36. The van der Waals surface area contributed by atoms with Gasteiger partial charge in [0.25, 0.3) is 0 Å². The Bertz CT molecular complexity index is 383. The maximum Gasteiger partial charge on any atom is 0.0347 e. The number of nitrogens with one attached hydrogen (secondary N) is 1. The Kier molecular flexibility index (Phi) is 5.37. The number of benzene rings is 1. The molecule has 1 saturated heterocycles. The van der Waals surface area contributed by atoms with Crippen molar-refractivity contribution >= 4 is 0 Å². The molecule has 1 aromatic carbocycles. The monoisotopic (exact) mass is 261 g/mol. The van der Waals surface area contributed by atoms with Crippen LogP contribution in [0.25, 0.3) is 0 Å². The van der Waals surface area contributed by atoms with Gasteiger partial charge in [0.2, 0.25) is 0 Å². The van der Waals surface area contributed by atoms with Crippen molar-refractivity contribution in [3.8, 4) is 0 Å². The van der Waals surface area contributed by atoms with E-state index in [1.165, 1.54) is 37.1 Å². The van der Waals surface area contributed by atoms with Crippen molar-refractivity contribution in [2.45, 2.75) is 25.8 Å². The summed E-state index contributed by atoms with van der Waals surface area (Å²) in [5.74, 6) is 0.737. The van der Waals surface area contributed by atoms with Gasteiger partial charge in [0.05, 0.1) is 0 Å². The van der Waals surface area contributed by atoms with E-state index in [9.17, 15) is 0 Å². The van der Waals surface area contributed by atoms with Crippen LogP contribution in [-0.4, -0.2) is 38.1 Å². The minimum absolute atomic E-state index is 0.486. The van der Waals surface area contributed by atoms with Crippen molar-refractivity contribution in [2.24, 2.45) is 11.7 Å². The number of rotatable bonds is 5. The third-order valence-electron chi connectivity index (χ3n) is 4.26. The highest BCUT2D eigenvalue weighted by molar-refractivity contribution is 5.25. The summed E-state index contributed by atoms with van der Waals surface area (Å²) in [6, 6.07) is 9.38. The van der Waals surface area contributed by atoms with Crippen LogP contribution in [0.1, 0.15) is 30.0 Å². The van der Waals surface area contributed by atoms with Gasteiger partial charge in [-0.15, -0.1) is 0 Å². The molecule has 1 aliphatic heterocycles. The maximum atomic E-state index is 5.63. The summed E-state index contributed by atoms with van der Waals surface area (Å²) in [6.07, 6.45) is 2.53. The van der Waals surface area contributed by atoms with E-state index in [4.69, 9.17) is 5.73 Å². The molecule has 2 rings (SSSR count). The molecule has 0 saturated carbocycles. The van der Waals surface area contributed by atoms with E-state index < -0.39 is 0 Å². The van der Waals surface area contributed by atoms with E-state index in [2.05, 4.69) is 48.5 Å².